The molecule has 0 saturated carbocycles. The van der Waals surface area contributed by atoms with E-state index in [4.69, 9.17) is 11.6 Å². The van der Waals surface area contributed by atoms with Gasteiger partial charge in [-0.05, 0) is 49.4 Å². The third kappa shape index (κ3) is 4.86. The van der Waals surface area contributed by atoms with Gasteiger partial charge in [-0.15, -0.1) is 0 Å². The molecule has 35 heavy (non-hydrogen) atoms. The minimum atomic E-state index is -3.68. The smallest absolute Gasteiger partial charge is 0.265 e. The van der Waals surface area contributed by atoms with Crippen molar-refractivity contribution in [3.63, 3.8) is 0 Å². The van der Waals surface area contributed by atoms with E-state index in [2.05, 4.69) is 5.32 Å². The Balaban J connectivity index is 1.50. The fourth-order valence-electron chi connectivity index (χ4n) is 4.43. The van der Waals surface area contributed by atoms with Crippen molar-refractivity contribution in [3.8, 4) is 0 Å². The van der Waals surface area contributed by atoms with Gasteiger partial charge in [-0.3, -0.25) is 13.9 Å². The van der Waals surface area contributed by atoms with Crippen LogP contribution in [0.15, 0.2) is 65.6 Å². The molecule has 0 aromatic heterocycles. The summed E-state index contributed by atoms with van der Waals surface area (Å²) in [5.74, 6) is -0.492. The molecule has 0 saturated heterocycles. The number of nitrogens with zero attached hydrogens (tertiary/aromatic N) is 2. The van der Waals surface area contributed by atoms with E-state index in [1.54, 1.807) is 37.3 Å². The number of anilines is 1. The molecule has 1 atom stereocenters. The van der Waals surface area contributed by atoms with Crippen molar-refractivity contribution >= 4 is 49.9 Å². The molecule has 0 radical (unpaired) electrons. The molecule has 1 N–H and O–H groups in total. The summed E-state index contributed by atoms with van der Waals surface area (Å²) >= 11 is 6.31. The quantitative estimate of drug-likeness (QED) is 0.461. The van der Waals surface area contributed by atoms with Crippen LogP contribution in [0.1, 0.15) is 32.3 Å². The topological polar surface area (TPSA) is 86.8 Å². The average molecular weight is 514 g/mol. The zero-order valence-corrected chi connectivity index (χ0v) is 21.3. The second kappa shape index (κ2) is 10.3. The second-order valence-electron chi connectivity index (χ2n) is 8.50. The number of sulfonamides is 1. The highest BCUT2D eigenvalue weighted by Gasteiger charge is 2.35. The predicted octanol–water partition coefficient (Wildman–Crippen LogP) is 4.34. The number of rotatable bonds is 9. The predicted molar refractivity (Wildman–Crippen MR) is 138 cm³/mol. The number of amides is 2. The largest absolute Gasteiger partial charge is 0.355 e. The summed E-state index contributed by atoms with van der Waals surface area (Å²) in [6.07, 6.45) is 0.399. The molecule has 0 aliphatic carbocycles. The Morgan fingerprint density at radius 2 is 1.77 bits per heavy atom. The highest BCUT2D eigenvalue weighted by molar-refractivity contribution is 7.93. The Bertz CT molecular complexity index is 1370. The molecule has 1 aliphatic heterocycles. The third-order valence-corrected chi connectivity index (χ3v) is 8.47. The summed E-state index contributed by atoms with van der Waals surface area (Å²) in [7, 11) is -3.68. The third-order valence-electron chi connectivity index (χ3n) is 6.25. The highest BCUT2D eigenvalue weighted by Crippen LogP contribution is 2.42. The van der Waals surface area contributed by atoms with E-state index >= 15 is 0 Å². The van der Waals surface area contributed by atoms with Gasteiger partial charge >= 0.3 is 0 Å². The van der Waals surface area contributed by atoms with E-state index in [9.17, 15) is 18.0 Å². The van der Waals surface area contributed by atoms with E-state index in [-0.39, 0.29) is 31.3 Å². The van der Waals surface area contributed by atoms with E-state index in [0.29, 0.717) is 34.0 Å². The number of benzene rings is 3. The molecule has 3 aromatic rings. The van der Waals surface area contributed by atoms with Gasteiger partial charge in [0.25, 0.3) is 10.0 Å². The van der Waals surface area contributed by atoms with Crippen LogP contribution in [0.3, 0.4) is 0 Å². The van der Waals surface area contributed by atoms with Gasteiger partial charge in [-0.25, -0.2) is 8.42 Å². The van der Waals surface area contributed by atoms with Crippen molar-refractivity contribution < 1.29 is 18.0 Å². The van der Waals surface area contributed by atoms with Crippen molar-refractivity contribution in [1.82, 2.24) is 10.2 Å². The molecular weight excluding hydrogens is 486 g/mol. The van der Waals surface area contributed by atoms with Crippen molar-refractivity contribution in [2.45, 2.75) is 44.2 Å². The van der Waals surface area contributed by atoms with Gasteiger partial charge in [0.15, 0.2) is 0 Å². The monoisotopic (exact) mass is 513 g/mol. The number of nitrogens with one attached hydrogen (secondary N) is 1. The van der Waals surface area contributed by atoms with Crippen LogP contribution in [0, 0.1) is 0 Å². The van der Waals surface area contributed by atoms with Gasteiger partial charge in [0, 0.05) is 36.5 Å². The number of likely N-dealkylation sites (N-methyl/N-ethyl adjacent to an activating group) is 1. The van der Waals surface area contributed by atoms with Gasteiger partial charge in [-0.2, -0.15) is 0 Å². The molecule has 0 spiro atoms. The molecule has 7 nitrogen and oxygen atoms in total. The van der Waals surface area contributed by atoms with Gasteiger partial charge in [0.1, 0.15) is 6.04 Å². The molecule has 0 bridgehead atoms. The second-order valence-corrected chi connectivity index (χ2v) is 10.7. The van der Waals surface area contributed by atoms with Crippen molar-refractivity contribution in [2.24, 2.45) is 0 Å². The fraction of sp³-hybridized carbons (Fsp3) is 0.308. The molecule has 1 aliphatic rings. The minimum Gasteiger partial charge on any atom is -0.355 e. The zero-order valence-electron chi connectivity index (χ0n) is 19.7. The Hall–Kier alpha value is -3.10. The van der Waals surface area contributed by atoms with Crippen LogP contribution in [0.2, 0.25) is 5.02 Å². The molecule has 1 unspecified atom stereocenters. The van der Waals surface area contributed by atoms with Crippen molar-refractivity contribution in [1.29, 1.82) is 0 Å². The van der Waals surface area contributed by atoms with Crippen LogP contribution in [0.25, 0.3) is 10.8 Å². The lowest BCUT2D eigenvalue weighted by Gasteiger charge is -2.29. The van der Waals surface area contributed by atoms with Crippen LogP contribution in [0.5, 0.6) is 0 Å². The Kier molecular flexibility index (Phi) is 7.33. The fourth-order valence-corrected chi connectivity index (χ4v) is 6.38. The summed E-state index contributed by atoms with van der Waals surface area (Å²) in [6, 6.07) is 17.3. The molecule has 184 valence electrons. The Morgan fingerprint density at radius 1 is 1.06 bits per heavy atom. The van der Waals surface area contributed by atoms with Crippen LogP contribution in [-0.2, 0) is 26.2 Å². The summed E-state index contributed by atoms with van der Waals surface area (Å²) in [4.78, 5) is 27.6. The van der Waals surface area contributed by atoms with Crippen molar-refractivity contribution in [2.75, 3.05) is 17.4 Å². The van der Waals surface area contributed by atoms with Gasteiger partial charge in [0.05, 0.1) is 10.6 Å². The van der Waals surface area contributed by atoms with E-state index in [1.165, 1.54) is 9.21 Å². The summed E-state index contributed by atoms with van der Waals surface area (Å²) in [5.41, 5.74) is 1.37. The first-order valence-electron chi connectivity index (χ1n) is 11.6. The lowest BCUT2D eigenvalue weighted by atomic mass is 10.1. The van der Waals surface area contributed by atoms with Crippen LogP contribution < -0.4 is 9.62 Å². The average Bonchev–Trinajstić information content (AvgIpc) is 3.06. The summed E-state index contributed by atoms with van der Waals surface area (Å²) < 4.78 is 27.7. The lowest BCUT2D eigenvalue weighted by Crippen LogP contribution is -2.47. The number of hydrogen-bond donors (Lipinski definition) is 1. The molecule has 1 heterocycles. The Labute approximate surface area is 210 Å². The SMILES string of the molecule is CCNC(=O)C(C)N(Cc1ccccc1Cl)C(=O)CCCN1c2cccc3cccc(c23)S1(=O)=O. The van der Waals surface area contributed by atoms with Crippen LogP contribution in [-0.4, -0.2) is 44.3 Å². The minimum absolute atomic E-state index is 0.0898. The van der Waals surface area contributed by atoms with Gasteiger partial charge in [-0.1, -0.05) is 54.1 Å². The normalized spacial score (nSPS) is 14.7. The number of halogens is 1. The maximum absolute atomic E-state index is 13.3. The van der Waals surface area contributed by atoms with Crippen LogP contribution in [0.4, 0.5) is 5.69 Å². The summed E-state index contributed by atoms with van der Waals surface area (Å²) in [6.45, 7) is 4.30. The first-order chi connectivity index (χ1) is 16.8. The molecule has 0 fully saturated rings. The van der Waals surface area contributed by atoms with Gasteiger partial charge in [0.2, 0.25) is 11.8 Å². The molecule has 2 amide bonds. The number of carbonyl (C=O) groups is 2. The first-order valence-corrected chi connectivity index (χ1v) is 13.4. The number of carbonyl (C=O) groups excluding carboxylic acids is 2. The maximum Gasteiger partial charge on any atom is 0.265 e. The Morgan fingerprint density at radius 3 is 2.49 bits per heavy atom. The summed E-state index contributed by atoms with van der Waals surface area (Å²) in [5, 5.41) is 4.86. The first kappa shape index (κ1) is 25.0. The van der Waals surface area contributed by atoms with Crippen molar-refractivity contribution in [3.05, 3.63) is 71.2 Å². The molecular formula is C26H28ClN3O4S. The maximum atomic E-state index is 13.3. The zero-order chi connectivity index (χ0) is 25.2. The molecule has 9 heteroatoms. The van der Waals surface area contributed by atoms with E-state index in [1.807, 2.05) is 37.3 Å². The number of hydrogen-bond acceptors (Lipinski definition) is 4. The van der Waals surface area contributed by atoms with E-state index in [0.717, 1.165) is 10.9 Å². The molecule has 4 rings (SSSR count). The van der Waals surface area contributed by atoms with E-state index < -0.39 is 16.1 Å². The highest BCUT2D eigenvalue weighted by atomic mass is 35.5. The van der Waals surface area contributed by atoms with Gasteiger partial charge < -0.3 is 10.2 Å². The lowest BCUT2D eigenvalue weighted by molar-refractivity contribution is -0.140. The molecule has 3 aromatic carbocycles. The standard InChI is InChI=1S/C26H28ClN3O4S/c1-3-28-26(32)18(2)29(17-20-9-4-5-12-21(20)27)24(31)15-8-16-30-22-13-6-10-19-11-7-14-23(25(19)22)35(30,33)34/h4-7,9-14,18H,3,8,15-17H2,1-2H3,(H,28,32). The van der Waals surface area contributed by atoms with Crippen LogP contribution >= 0.6 is 11.6 Å².